The highest BCUT2D eigenvalue weighted by Gasteiger charge is 2.23. The van der Waals surface area contributed by atoms with Gasteiger partial charge in [-0.15, -0.1) is 11.3 Å². The first-order chi connectivity index (χ1) is 27.3. The van der Waals surface area contributed by atoms with Gasteiger partial charge in [0.2, 0.25) is 5.95 Å². The lowest BCUT2D eigenvalue weighted by Crippen LogP contribution is -2.06. The molecule has 6 heteroatoms. The van der Waals surface area contributed by atoms with E-state index in [1.807, 2.05) is 0 Å². The molecule has 55 heavy (non-hydrogen) atoms. The molecule has 0 atom stereocenters. The molecule has 0 radical (unpaired) electrons. The molecule has 0 aliphatic rings. The average Bonchev–Trinajstić information content (AvgIpc) is 3.91. The van der Waals surface area contributed by atoms with Crippen molar-refractivity contribution >= 4 is 85.9 Å². The SMILES string of the molecule is c1ccc(-n2c3ccccc3c3ccc4c(c5ccccc5n4-c4nc(-c5ccc6ccccc6c5)nc(-c5ccc6c(c5)sc5ccccc56)n4)c32)cc1. The van der Waals surface area contributed by atoms with Crippen molar-refractivity contribution in [2.75, 3.05) is 0 Å². The molecule has 0 spiro atoms. The smallest absolute Gasteiger partial charge is 0.238 e. The van der Waals surface area contributed by atoms with Crippen LogP contribution in [0.3, 0.4) is 0 Å². The van der Waals surface area contributed by atoms with Gasteiger partial charge in [0.25, 0.3) is 0 Å². The predicted octanol–water partition coefficient (Wildman–Crippen LogP) is 12.9. The molecule has 0 bridgehead atoms. The lowest BCUT2D eigenvalue weighted by atomic mass is 10.1. The number of fused-ring (bicyclic) bond motifs is 11. The summed E-state index contributed by atoms with van der Waals surface area (Å²) in [5.41, 5.74) is 7.43. The Morgan fingerprint density at radius 3 is 1.84 bits per heavy atom. The van der Waals surface area contributed by atoms with Crippen molar-refractivity contribution in [1.82, 2.24) is 24.1 Å². The number of rotatable bonds is 4. The van der Waals surface area contributed by atoms with Gasteiger partial charge in [0.05, 0.1) is 22.1 Å². The van der Waals surface area contributed by atoms with Crippen molar-refractivity contribution in [1.29, 1.82) is 0 Å². The molecule has 4 heterocycles. The summed E-state index contributed by atoms with van der Waals surface area (Å²) in [7, 11) is 0. The Labute approximate surface area is 319 Å². The minimum atomic E-state index is 0.581. The monoisotopic (exact) mass is 719 g/mol. The zero-order valence-corrected chi connectivity index (χ0v) is 30.2. The van der Waals surface area contributed by atoms with Crippen molar-refractivity contribution in [3.8, 4) is 34.4 Å². The summed E-state index contributed by atoms with van der Waals surface area (Å²) in [5, 5.41) is 9.57. The summed E-state index contributed by atoms with van der Waals surface area (Å²) in [5.74, 6) is 1.85. The third kappa shape index (κ3) is 4.55. The summed E-state index contributed by atoms with van der Waals surface area (Å²) in [4.78, 5) is 15.9. The Hall–Kier alpha value is -7.15. The van der Waals surface area contributed by atoms with Crippen LogP contribution < -0.4 is 0 Å². The minimum Gasteiger partial charge on any atom is -0.309 e. The Morgan fingerprint density at radius 1 is 0.382 bits per heavy atom. The van der Waals surface area contributed by atoms with Crippen LogP contribution in [0.2, 0.25) is 0 Å². The Kier molecular flexibility index (Phi) is 6.44. The number of hydrogen-bond donors (Lipinski definition) is 0. The lowest BCUT2D eigenvalue weighted by Gasteiger charge is -2.12. The molecule has 0 N–H and O–H groups in total. The summed E-state index contributed by atoms with van der Waals surface area (Å²) in [6.45, 7) is 0. The van der Waals surface area contributed by atoms with Gasteiger partial charge >= 0.3 is 0 Å². The van der Waals surface area contributed by atoms with Crippen LogP contribution in [0.4, 0.5) is 0 Å². The maximum Gasteiger partial charge on any atom is 0.238 e. The van der Waals surface area contributed by atoms with Crippen LogP contribution in [0, 0.1) is 0 Å². The van der Waals surface area contributed by atoms with E-state index in [4.69, 9.17) is 15.0 Å². The highest BCUT2D eigenvalue weighted by molar-refractivity contribution is 7.25. The van der Waals surface area contributed by atoms with Crippen molar-refractivity contribution < 1.29 is 0 Å². The van der Waals surface area contributed by atoms with Crippen molar-refractivity contribution in [2.45, 2.75) is 0 Å². The molecule has 5 nitrogen and oxygen atoms in total. The number of aromatic nitrogens is 5. The molecule has 256 valence electrons. The van der Waals surface area contributed by atoms with Crippen LogP contribution in [0.15, 0.2) is 176 Å². The highest BCUT2D eigenvalue weighted by atomic mass is 32.1. The van der Waals surface area contributed by atoms with E-state index < -0.39 is 0 Å². The predicted molar refractivity (Wildman–Crippen MR) is 230 cm³/mol. The molecule has 0 aliphatic heterocycles. The van der Waals surface area contributed by atoms with Gasteiger partial charge in [0.1, 0.15) is 0 Å². The topological polar surface area (TPSA) is 48.5 Å². The van der Waals surface area contributed by atoms with E-state index in [-0.39, 0.29) is 0 Å². The number of benzene rings is 8. The molecule has 0 aliphatic carbocycles. The average molecular weight is 720 g/mol. The fourth-order valence-corrected chi connectivity index (χ4v) is 9.63. The fraction of sp³-hybridized carbons (Fsp3) is 0. The first kappa shape index (κ1) is 30.3. The van der Waals surface area contributed by atoms with Crippen LogP contribution in [-0.2, 0) is 0 Å². The zero-order chi connectivity index (χ0) is 36.0. The molecular weight excluding hydrogens is 691 g/mol. The van der Waals surface area contributed by atoms with Gasteiger partial charge in [-0.25, -0.2) is 4.98 Å². The normalized spacial score (nSPS) is 12.0. The maximum atomic E-state index is 5.34. The molecule has 0 unspecified atom stereocenters. The number of para-hydroxylation sites is 3. The highest BCUT2D eigenvalue weighted by Crippen LogP contribution is 2.42. The molecule has 0 saturated heterocycles. The van der Waals surface area contributed by atoms with Gasteiger partial charge in [-0.1, -0.05) is 127 Å². The number of thiophene rings is 1. The van der Waals surface area contributed by atoms with Gasteiger partial charge in [-0.3, -0.25) is 4.57 Å². The van der Waals surface area contributed by atoms with Gasteiger partial charge in [-0.2, -0.15) is 9.97 Å². The molecule has 0 saturated carbocycles. The Balaban J connectivity index is 1.17. The summed E-state index contributed by atoms with van der Waals surface area (Å²) >= 11 is 1.80. The fourth-order valence-electron chi connectivity index (χ4n) is 8.49. The summed E-state index contributed by atoms with van der Waals surface area (Å²) < 4.78 is 7.11. The largest absolute Gasteiger partial charge is 0.309 e. The first-order valence-electron chi connectivity index (χ1n) is 18.4. The molecule has 0 fully saturated rings. The van der Waals surface area contributed by atoms with Gasteiger partial charge < -0.3 is 4.57 Å². The second kappa shape index (κ2) is 11.7. The molecule has 12 aromatic rings. The van der Waals surface area contributed by atoms with E-state index in [0.717, 1.165) is 44.0 Å². The quantitative estimate of drug-likeness (QED) is 0.182. The van der Waals surface area contributed by atoms with Gasteiger partial charge in [-0.05, 0) is 59.3 Å². The minimum absolute atomic E-state index is 0.581. The standard InChI is InChI=1S/C49H29N5S/c1-2-14-34(15-3-1)53-40-19-9-6-16-35(40)38-26-27-42-45(46(38)53)39-18-7-10-20-41(39)54(42)49-51-47(32-23-22-30-12-4-5-13-31(30)28-32)50-48(52-49)33-24-25-37-36-17-8-11-21-43(36)55-44(37)29-33/h1-29H. The molecule has 0 amide bonds. The summed E-state index contributed by atoms with van der Waals surface area (Å²) in [6.07, 6.45) is 0. The number of hydrogen-bond acceptors (Lipinski definition) is 4. The van der Waals surface area contributed by atoms with E-state index in [9.17, 15) is 0 Å². The second-order valence-corrected chi connectivity index (χ2v) is 15.1. The van der Waals surface area contributed by atoms with Crippen LogP contribution in [0.1, 0.15) is 0 Å². The second-order valence-electron chi connectivity index (χ2n) is 14.1. The lowest BCUT2D eigenvalue weighted by molar-refractivity contribution is 0.954. The zero-order valence-electron chi connectivity index (χ0n) is 29.4. The maximum absolute atomic E-state index is 5.34. The third-order valence-electron chi connectivity index (χ3n) is 11.0. The van der Waals surface area contributed by atoms with E-state index in [1.165, 1.54) is 47.4 Å². The number of nitrogens with zero attached hydrogens (tertiary/aromatic N) is 5. The summed E-state index contributed by atoms with van der Waals surface area (Å²) in [6, 6.07) is 62.5. The van der Waals surface area contributed by atoms with Crippen molar-refractivity contribution in [3.05, 3.63) is 176 Å². The van der Waals surface area contributed by atoms with E-state index >= 15 is 0 Å². The molecule has 8 aromatic carbocycles. The van der Waals surface area contributed by atoms with Crippen LogP contribution in [0.5, 0.6) is 0 Å². The van der Waals surface area contributed by atoms with Crippen molar-refractivity contribution in [3.63, 3.8) is 0 Å². The van der Waals surface area contributed by atoms with E-state index in [1.54, 1.807) is 11.3 Å². The Bertz CT molecular complexity index is 3500. The first-order valence-corrected chi connectivity index (χ1v) is 19.3. The van der Waals surface area contributed by atoms with Crippen LogP contribution >= 0.6 is 11.3 Å². The van der Waals surface area contributed by atoms with Crippen LogP contribution in [-0.4, -0.2) is 24.1 Å². The van der Waals surface area contributed by atoms with Gasteiger partial charge in [0.15, 0.2) is 11.6 Å². The van der Waals surface area contributed by atoms with Crippen molar-refractivity contribution in [2.24, 2.45) is 0 Å². The molecule has 4 aromatic heterocycles. The molecule has 12 rings (SSSR count). The van der Waals surface area contributed by atoms with Gasteiger partial charge in [0, 0.05) is 58.5 Å². The van der Waals surface area contributed by atoms with Crippen LogP contribution in [0.25, 0.3) is 109 Å². The Morgan fingerprint density at radius 2 is 1.00 bits per heavy atom. The molecular formula is C49H29N5S. The van der Waals surface area contributed by atoms with E-state index in [2.05, 4.69) is 185 Å². The third-order valence-corrected chi connectivity index (χ3v) is 12.1. The van der Waals surface area contributed by atoms with E-state index in [0.29, 0.717) is 17.6 Å².